The molecule has 0 aliphatic carbocycles. The molecule has 0 radical (unpaired) electrons. The Morgan fingerprint density at radius 1 is 1.64 bits per heavy atom. The summed E-state index contributed by atoms with van der Waals surface area (Å²) in [6, 6.07) is 3.35. The van der Waals surface area contributed by atoms with Gasteiger partial charge in [-0.1, -0.05) is 29.8 Å². The lowest BCUT2D eigenvalue weighted by Crippen LogP contribution is -2.34. The van der Waals surface area contributed by atoms with E-state index < -0.39 is 0 Å². The third kappa shape index (κ3) is 3.18. The van der Waals surface area contributed by atoms with E-state index in [0.29, 0.717) is 12.3 Å². The Hall–Kier alpha value is -0.770. The Morgan fingerprint density at radius 2 is 2.36 bits per heavy atom. The molecule has 1 aromatic heterocycles. The van der Waals surface area contributed by atoms with Gasteiger partial charge < -0.3 is 9.73 Å². The Balaban J connectivity index is 2.43. The topological polar surface area (TPSA) is 42.2 Å². The average molecular weight is 260 g/mol. The van der Waals surface area contributed by atoms with Crippen molar-refractivity contribution in [1.29, 1.82) is 0 Å². The van der Waals surface area contributed by atoms with E-state index in [0.717, 1.165) is 5.33 Å². The first kappa shape index (κ1) is 11.3. The standard InChI is InChI=1S/C10H14BrNO2/c1-10(2,6-11)7-12-9(13)8-4-3-5-14-8/h3-5H,6-7H2,1-2H3,(H,12,13). The molecule has 0 fully saturated rings. The zero-order valence-electron chi connectivity index (χ0n) is 8.34. The van der Waals surface area contributed by atoms with E-state index in [9.17, 15) is 4.79 Å². The third-order valence-electron chi connectivity index (χ3n) is 1.83. The van der Waals surface area contributed by atoms with E-state index in [-0.39, 0.29) is 11.3 Å². The van der Waals surface area contributed by atoms with Gasteiger partial charge in [-0.2, -0.15) is 0 Å². The predicted octanol–water partition coefficient (Wildman–Crippen LogP) is 2.43. The Labute approximate surface area is 92.0 Å². The molecule has 3 nitrogen and oxygen atoms in total. The van der Waals surface area contributed by atoms with Crippen molar-refractivity contribution >= 4 is 21.8 Å². The summed E-state index contributed by atoms with van der Waals surface area (Å²) in [6.45, 7) is 4.77. The van der Waals surface area contributed by atoms with E-state index in [1.54, 1.807) is 12.1 Å². The van der Waals surface area contributed by atoms with E-state index in [1.165, 1.54) is 6.26 Å². The number of rotatable bonds is 4. The molecule has 1 amide bonds. The van der Waals surface area contributed by atoms with Crippen LogP contribution in [-0.2, 0) is 0 Å². The molecule has 14 heavy (non-hydrogen) atoms. The molecule has 0 aromatic carbocycles. The van der Waals surface area contributed by atoms with Crippen LogP contribution in [-0.4, -0.2) is 17.8 Å². The van der Waals surface area contributed by atoms with Crippen molar-refractivity contribution in [3.8, 4) is 0 Å². The van der Waals surface area contributed by atoms with Gasteiger partial charge in [-0.15, -0.1) is 0 Å². The average Bonchev–Trinajstić information content (AvgIpc) is 2.67. The first-order valence-electron chi connectivity index (χ1n) is 4.43. The lowest BCUT2D eigenvalue weighted by molar-refractivity contribution is 0.0912. The largest absolute Gasteiger partial charge is 0.459 e. The minimum atomic E-state index is -0.163. The van der Waals surface area contributed by atoms with Gasteiger partial charge in [-0.3, -0.25) is 4.79 Å². The Kier molecular flexibility index (Phi) is 3.75. The highest BCUT2D eigenvalue weighted by molar-refractivity contribution is 9.09. The van der Waals surface area contributed by atoms with Gasteiger partial charge in [0.05, 0.1) is 6.26 Å². The number of halogens is 1. The number of hydrogen-bond donors (Lipinski definition) is 1. The minimum Gasteiger partial charge on any atom is -0.459 e. The van der Waals surface area contributed by atoms with Gasteiger partial charge >= 0.3 is 0 Å². The molecular formula is C10H14BrNO2. The van der Waals surface area contributed by atoms with Crippen LogP contribution in [0.3, 0.4) is 0 Å². The Morgan fingerprint density at radius 3 is 2.86 bits per heavy atom. The fraction of sp³-hybridized carbons (Fsp3) is 0.500. The van der Waals surface area contributed by atoms with Gasteiger partial charge in [0, 0.05) is 11.9 Å². The number of alkyl halides is 1. The zero-order valence-corrected chi connectivity index (χ0v) is 9.93. The molecule has 78 valence electrons. The predicted molar refractivity (Wildman–Crippen MR) is 58.6 cm³/mol. The van der Waals surface area contributed by atoms with Crippen LogP contribution in [0.25, 0.3) is 0 Å². The highest BCUT2D eigenvalue weighted by Gasteiger charge is 2.18. The second-order valence-electron chi connectivity index (χ2n) is 3.96. The lowest BCUT2D eigenvalue weighted by Gasteiger charge is -2.21. The SMILES string of the molecule is CC(C)(CBr)CNC(=O)c1ccco1. The van der Waals surface area contributed by atoms with Crippen molar-refractivity contribution in [2.75, 3.05) is 11.9 Å². The first-order valence-corrected chi connectivity index (χ1v) is 5.55. The van der Waals surface area contributed by atoms with Crippen molar-refractivity contribution in [1.82, 2.24) is 5.32 Å². The van der Waals surface area contributed by atoms with Crippen molar-refractivity contribution in [3.05, 3.63) is 24.2 Å². The summed E-state index contributed by atoms with van der Waals surface area (Å²) in [7, 11) is 0. The lowest BCUT2D eigenvalue weighted by atomic mass is 9.97. The van der Waals surface area contributed by atoms with Crippen molar-refractivity contribution < 1.29 is 9.21 Å². The maximum Gasteiger partial charge on any atom is 0.286 e. The van der Waals surface area contributed by atoms with Gasteiger partial charge in [-0.25, -0.2) is 0 Å². The van der Waals surface area contributed by atoms with Crippen LogP contribution < -0.4 is 5.32 Å². The number of carbonyl (C=O) groups is 1. The van der Waals surface area contributed by atoms with E-state index in [2.05, 4.69) is 35.1 Å². The molecule has 0 spiro atoms. The smallest absolute Gasteiger partial charge is 0.286 e. The molecule has 0 aliphatic heterocycles. The maximum absolute atomic E-state index is 11.4. The fourth-order valence-electron chi connectivity index (χ4n) is 0.862. The van der Waals surface area contributed by atoms with Gasteiger partial charge in [0.15, 0.2) is 5.76 Å². The highest BCUT2D eigenvalue weighted by atomic mass is 79.9. The molecule has 0 aliphatic rings. The Bertz CT molecular complexity index is 293. The van der Waals surface area contributed by atoms with E-state index in [4.69, 9.17) is 4.42 Å². The van der Waals surface area contributed by atoms with Crippen LogP contribution in [0.2, 0.25) is 0 Å². The fourth-order valence-corrected chi connectivity index (χ4v) is 1.06. The highest BCUT2D eigenvalue weighted by Crippen LogP contribution is 2.16. The van der Waals surface area contributed by atoms with Crippen molar-refractivity contribution in [2.45, 2.75) is 13.8 Å². The summed E-state index contributed by atoms with van der Waals surface area (Å²) in [4.78, 5) is 11.4. The monoisotopic (exact) mass is 259 g/mol. The number of amides is 1. The number of hydrogen-bond acceptors (Lipinski definition) is 2. The zero-order chi connectivity index (χ0) is 10.6. The minimum absolute atomic E-state index is 0.0578. The van der Waals surface area contributed by atoms with Crippen LogP contribution in [0.5, 0.6) is 0 Å². The molecule has 1 rings (SSSR count). The van der Waals surface area contributed by atoms with Gasteiger partial charge in [0.1, 0.15) is 0 Å². The molecule has 0 unspecified atom stereocenters. The summed E-state index contributed by atoms with van der Waals surface area (Å²) < 4.78 is 4.97. The summed E-state index contributed by atoms with van der Waals surface area (Å²) in [6.07, 6.45) is 1.49. The molecule has 1 N–H and O–H groups in total. The molecule has 1 heterocycles. The second-order valence-corrected chi connectivity index (χ2v) is 4.52. The molecular weight excluding hydrogens is 246 g/mol. The summed E-state index contributed by atoms with van der Waals surface area (Å²) in [5, 5.41) is 3.66. The first-order chi connectivity index (χ1) is 6.55. The molecule has 0 saturated carbocycles. The molecule has 4 heteroatoms. The van der Waals surface area contributed by atoms with Gasteiger partial charge in [0.25, 0.3) is 5.91 Å². The molecule has 0 atom stereocenters. The van der Waals surface area contributed by atoms with Crippen molar-refractivity contribution in [2.24, 2.45) is 5.41 Å². The summed E-state index contributed by atoms with van der Waals surface area (Å²) in [5.74, 6) is 0.194. The molecule has 1 aromatic rings. The van der Waals surface area contributed by atoms with Crippen LogP contribution in [0, 0.1) is 5.41 Å². The molecule has 0 bridgehead atoms. The second kappa shape index (κ2) is 4.64. The summed E-state index contributed by atoms with van der Waals surface area (Å²) >= 11 is 3.40. The van der Waals surface area contributed by atoms with Gasteiger partial charge in [0.2, 0.25) is 0 Å². The normalized spacial score (nSPS) is 11.4. The number of nitrogens with one attached hydrogen (secondary N) is 1. The third-order valence-corrected chi connectivity index (χ3v) is 3.35. The van der Waals surface area contributed by atoms with E-state index >= 15 is 0 Å². The van der Waals surface area contributed by atoms with Crippen LogP contribution in [0.4, 0.5) is 0 Å². The maximum atomic E-state index is 11.4. The van der Waals surface area contributed by atoms with Gasteiger partial charge in [-0.05, 0) is 17.5 Å². The molecule has 0 saturated heterocycles. The summed E-state index contributed by atoms with van der Waals surface area (Å²) in [5.41, 5.74) is 0.0578. The quantitative estimate of drug-likeness (QED) is 0.845. The number of furan rings is 1. The van der Waals surface area contributed by atoms with E-state index in [1.807, 2.05) is 0 Å². The van der Waals surface area contributed by atoms with Crippen LogP contribution in [0.15, 0.2) is 22.8 Å². The van der Waals surface area contributed by atoms with Crippen molar-refractivity contribution in [3.63, 3.8) is 0 Å². The van der Waals surface area contributed by atoms with Crippen LogP contribution >= 0.6 is 15.9 Å². The number of carbonyl (C=O) groups excluding carboxylic acids is 1. The van der Waals surface area contributed by atoms with Crippen LogP contribution in [0.1, 0.15) is 24.4 Å².